The Bertz CT molecular complexity index is 331. The highest BCUT2D eigenvalue weighted by atomic mass is 16.4. The van der Waals surface area contributed by atoms with Crippen molar-refractivity contribution in [3.8, 4) is 0 Å². The Labute approximate surface area is 156 Å². The Hall–Kier alpha value is -1.05. The predicted molar refractivity (Wildman–Crippen MR) is 110 cm³/mol. The molecule has 0 aromatic rings. The molecular formula is C23H42O2. The SMILES string of the molecule is CCCCCCCCCCC=CC=CCCCCCCCCC(=O)O. The molecule has 0 unspecified atom stereocenters. The zero-order valence-corrected chi connectivity index (χ0v) is 16.7. The van der Waals surface area contributed by atoms with Gasteiger partial charge in [0.05, 0.1) is 0 Å². The van der Waals surface area contributed by atoms with Gasteiger partial charge in [-0.15, -0.1) is 0 Å². The molecule has 2 heteroatoms. The lowest BCUT2D eigenvalue weighted by atomic mass is 10.1. The van der Waals surface area contributed by atoms with Crippen molar-refractivity contribution in [3.63, 3.8) is 0 Å². The van der Waals surface area contributed by atoms with E-state index >= 15 is 0 Å². The van der Waals surface area contributed by atoms with E-state index in [9.17, 15) is 4.79 Å². The molecule has 0 aliphatic carbocycles. The normalized spacial score (nSPS) is 11.7. The van der Waals surface area contributed by atoms with Crippen molar-refractivity contribution in [2.75, 3.05) is 0 Å². The first kappa shape index (κ1) is 23.9. The minimum Gasteiger partial charge on any atom is -0.481 e. The molecule has 0 saturated carbocycles. The number of carbonyl (C=O) groups is 1. The summed E-state index contributed by atoms with van der Waals surface area (Å²) in [4.78, 5) is 10.4. The lowest BCUT2D eigenvalue weighted by Gasteiger charge is -1.99. The number of hydrogen-bond acceptors (Lipinski definition) is 1. The second kappa shape index (κ2) is 21.0. The van der Waals surface area contributed by atoms with E-state index in [2.05, 4.69) is 31.2 Å². The maximum atomic E-state index is 10.4. The fourth-order valence-corrected chi connectivity index (χ4v) is 2.99. The molecule has 0 heterocycles. The lowest BCUT2D eigenvalue weighted by molar-refractivity contribution is -0.137. The third-order valence-electron chi connectivity index (χ3n) is 4.62. The first-order valence-electron chi connectivity index (χ1n) is 10.8. The summed E-state index contributed by atoms with van der Waals surface area (Å²) in [6.07, 6.45) is 29.6. The third kappa shape index (κ3) is 22.9. The number of allylic oxidation sites excluding steroid dienone is 4. The molecule has 0 atom stereocenters. The van der Waals surface area contributed by atoms with Crippen LogP contribution >= 0.6 is 0 Å². The molecule has 0 aliphatic heterocycles. The summed E-state index contributed by atoms with van der Waals surface area (Å²) in [6.45, 7) is 2.27. The largest absolute Gasteiger partial charge is 0.481 e. The number of carboxylic acid groups (broad SMARTS) is 1. The van der Waals surface area contributed by atoms with E-state index in [1.165, 1.54) is 83.5 Å². The van der Waals surface area contributed by atoms with Crippen molar-refractivity contribution in [2.45, 2.75) is 116 Å². The van der Waals surface area contributed by atoms with E-state index < -0.39 is 5.97 Å². The van der Waals surface area contributed by atoms with E-state index in [-0.39, 0.29) is 0 Å². The number of hydrogen-bond donors (Lipinski definition) is 1. The smallest absolute Gasteiger partial charge is 0.303 e. The van der Waals surface area contributed by atoms with Gasteiger partial charge in [0.15, 0.2) is 0 Å². The van der Waals surface area contributed by atoms with E-state index in [4.69, 9.17) is 5.11 Å². The van der Waals surface area contributed by atoms with Gasteiger partial charge in [-0.1, -0.05) is 102 Å². The van der Waals surface area contributed by atoms with Crippen molar-refractivity contribution in [1.29, 1.82) is 0 Å². The van der Waals surface area contributed by atoms with Crippen molar-refractivity contribution in [2.24, 2.45) is 0 Å². The predicted octanol–water partition coefficient (Wildman–Crippen LogP) is 7.84. The molecule has 0 saturated heterocycles. The number of carboxylic acids is 1. The average molecular weight is 351 g/mol. The van der Waals surface area contributed by atoms with Crippen LogP contribution in [0.1, 0.15) is 116 Å². The van der Waals surface area contributed by atoms with Crippen LogP contribution in [-0.4, -0.2) is 11.1 Å². The van der Waals surface area contributed by atoms with Gasteiger partial charge in [-0.25, -0.2) is 0 Å². The summed E-state index contributed by atoms with van der Waals surface area (Å²) >= 11 is 0. The molecule has 0 aromatic heterocycles. The molecule has 0 amide bonds. The Morgan fingerprint density at radius 2 is 1.04 bits per heavy atom. The quantitative estimate of drug-likeness (QED) is 0.190. The van der Waals surface area contributed by atoms with Crippen LogP contribution in [0.3, 0.4) is 0 Å². The zero-order chi connectivity index (χ0) is 18.4. The second-order valence-corrected chi connectivity index (χ2v) is 7.17. The van der Waals surface area contributed by atoms with Crippen LogP contribution in [0.15, 0.2) is 24.3 Å². The highest BCUT2D eigenvalue weighted by Gasteiger charge is 1.96. The van der Waals surface area contributed by atoms with E-state index in [0.717, 1.165) is 19.3 Å². The molecule has 25 heavy (non-hydrogen) atoms. The van der Waals surface area contributed by atoms with Crippen molar-refractivity contribution in [1.82, 2.24) is 0 Å². The van der Waals surface area contributed by atoms with Crippen LogP contribution in [0, 0.1) is 0 Å². The summed E-state index contributed by atoms with van der Waals surface area (Å²) in [5.41, 5.74) is 0. The van der Waals surface area contributed by atoms with E-state index in [1.54, 1.807) is 0 Å². The molecule has 0 bridgehead atoms. The molecule has 0 aromatic carbocycles. The Balaban J connectivity index is 3.18. The molecule has 0 radical (unpaired) electrons. The molecule has 0 aliphatic rings. The van der Waals surface area contributed by atoms with Gasteiger partial charge in [-0.2, -0.15) is 0 Å². The van der Waals surface area contributed by atoms with Crippen LogP contribution in [-0.2, 0) is 4.79 Å². The number of aliphatic carboxylic acids is 1. The fourth-order valence-electron chi connectivity index (χ4n) is 2.99. The van der Waals surface area contributed by atoms with E-state index in [1.807, 2.05) is 0 Å². The first-order valence-corrected chi connectivity index (χ1v) is 10.8. The van der Waals surface area contributed by atoms with E-state index in [0.29, 0.717) is 6.42 Å². The van der Waals surface area contributed by atoms with Gasteiger partial charge in [0.1, 0.15) is 0 Å². The molecular weight excluding hydrogens is 308 g/mol. The van der Waals surface area contributed by atoms with Gasteiger partial charge in [-0.05, 0) is 32.1 Å². The van der Waals surface area contributed by atoms with Crippen molar-refractivity contribution in [3.05, 3.63) is 24.3 Å². The first-order chi connectivity index (χ1) is 12.3. The van der Waals surface area contributed by atoms with Crippen LogP contribution < -0.4 is 0 Å². The van der Waals surface area contributed by atoms with Gasteiger partial charge in [0.2, 0.25) is 0 Å². The van der Waals surface area contributed by atoms with Gasteiger partial charge < -0.3 is 5.11 Å². The van der Waals surface area contributed by atoms with Gasteiger partial charge in [0, 0.05) is 6.42 Å². The topological polar surface area (TPSA) is 37.3 Å². The van der Waals surface area contributed by atoms with Crippen LogP contribution in [0.5, 0.6) is 0 Å². The molecule has 2 nitrogen and oxygen atoms in total. The maximum absolute atomic E-state index is 10.4. The van der Waals surface area contributed by atoms with Crippen LogP contribution in [0.4, 0.5) is 0 Å². The summed E-state index contributed by atoms with van der Waals surface area (Å²) in [6, 6.07) is 0. The van der Waals surface area contributed by atoms with Gasteiger partial charge in [0.25, 0.3) is 0 Å². The minimum absolute atomic E-state index is 0.327. The van der Waals surface area contributed by atoms with Crippen LogP contribution in [0.2, 0.25) is 0 Å². The number of rotatable bonds is 19. The highest BCUT2D eigenvalue weighted by molar-refractivity contribution is 5.66. The van der Waals surface area contributed by atoms with Crippen molar-refractivity contribution >= 4 is 5.97 Å². The molecule has 0 rings (SSSR count). The molecule has 146 valence electrons. The molecule has 0 spiro atoms. The monoisotopic (exact) mass is 350 g/mol. The summed E-state index contributed by atoms with van der Waals surface area (Å²) < 4.78 is 0. The Morgan fingerprint density at radius 3 is 1.48 bits per heavy atom. The van der Waals surface area contributed by atoms with Gasteiger partial charge in [-0.3, -0.25) is 4.79 Å². The zero-order valence-electron chi connectivity index (χ0n) is 16.7. The standard InChI is InChI=1S/C23H42O2/c1-2-3-4-5-6-7-8-9-10-11-12-13-14-15-16-17-18-19-20-21-22-23(24)25/h11-14H,2-10,15-22H2,1H3,(H,24,25). The highest BCUT2D eigenvalue weighted by Crippen LogP contribution is 2.10. The van der Waals surface area contributed by atoms with Gasteiger partial charge >= 0.3 is 5.97 Å². The Morgan fingerprint density at radius 1 is 0.640 bits per heavy atom. The fraction of sp³-hybridized carbons (Fsp3) is 0.783. The lowest BCUT2D eigenvalue weighted by Crippen LogP contribution is -1.93. The average Bonchev–Trinajstić information content (AvgIpc) is 2.60. The number of unbranched alkanes of at least 4 members (excludes halogenated alkanes) is 14. The minimum atomic E-state index is -0.666. The maximum Gasteiger partial charge on any atom is 0.303 e. The molecule has 0 fully saturated rings. The summed E-state index contributed by atoms with van der Waals surface area (Å²) in [5.74, 6) is -0.666. The summed E-state index contributed by atoms with van der Waals surface area (Å²) in [5, 5.41) is 8.55. The Kier molecular flexibility index (Phi) is 20.1. The molecule has 1 N–H and O–H groups in total. The van der Waals surface area contributed by atoms with Crippen LogP contribution in [0.25, 0.3) is 0 Å². The summed E-state index contributed by atoms with van der Waals surface area (Å²) in [7, 11) is 0. The second-order valence-electron chi connectivity index (χ2n) is 7.17. The third-order valence-corrected chi connectivity index (χ3v) is 4.62. The van der Waals surface area contributed by atoms with Crippen molar-refractivity contribution < 1.29 is 9.90 Å².